The molecule has 0 aliphatic carbocycles. The Kier molecular flexibility index (Phi) is 4.64. The Hall–Kier alpha value is -2.25. The number of hydrogen-bond acceptors (Lipinski definition) is 4. The highest BCUT2D eigenvalue weighted by Crippen LogP contribution is 2.29. The van der Waals surface area contributed by atoms with Crippen molar-refractivity contribution in [2.24, 2.45) is 0 Å². The van der Waals surface area contributed by atoms with Crippen molar-refractivity contribution in [2.45, 2.75) is 26.4 Å². The van der Waals surface area contributed by atoms with Gasteiger partial charge in [0.1, 0.15) is 10.6 Å². The van der Waals surface area contributed by atoms with E-state index in [0.29, 0.717) is 11.4 Å². The van der Waals surface area contributed by atoms with Crippen LogP contribution in [0.5, 0.6) is 0 Å². The molecule has 2 heterocycles. The lowest BCUT2D eigenvalue weighted by atomic mass is 10.2. The molecular formula is C17H18FN3O2S. The van der Waals surface area contributed by atoms with E-state index < -0.39 is 0 Å². The zero-order chi connectivity index (χ0) is 17.3. The van der Waals surface area contributed by atoms with E-state index in [0.717, 1.165) is 21.5 Å². The van der Waals surface area contributed by atoms with Crippen LogP contribution >= 0.6 is 11.3 Å². The van der Waals surface area contributed by atoms with Crippen LogP contribution in [0.15, 0.2) is 30.3 Å². The predicted molar refractivity (Wildman–Crippen MR) is 91.9 cm³/mol. The van der Waals surface area contributed by atoms with Crippen molar-refractivity contribution in [3.63, 3.8) is 0 Å². The van der Waals surface area contributed by atoms with Crippen LogP contribution < -0.4 is 5.32 Å². The standard InChI is InChI=1S/C17H18FN3O2S/c1-10(9-22)19-16(23)15-7-14-11(2)20-21(17(14)24-15)8-12-3-5-13(18)6-4-12/h3-7,10,22H,8-9H2,1-2H3,(H,19,23). The number of hydrogen-bond donors (Lipinski definition) is 2. The molecule has 7 heteroatoms. The Balaban J connectivity index is 1.89. The Bertz CT molecular complexity index is 870. The maximum Gasteiger partial charge on any atom is 0.261 e. The highest BCUT2D eigenvalue weighted by molar-refractivity contribution is 7.20. The fourth-order valence-electron chi connectivity index (χ4n) is 2.44. The van der Waals surface area contributed by atoms with Gasteiger partial charge in [0, 0.05) is 11.4 Å². The van der Waals surface area contributed by atoms with Crippen molar-refractivity contribution >= 4 is 27.5 Å². The molecule has 1 atom stereocenters. The van der Waals surface area contributed by atoms with E-state index >= 15 is 0 Å². The van der Waals surface area contributed by atoms with E-state index in [-0.39, 0.29) is 24.4 Å². The summed E-state index contributed by atoms with van der Waals surface area (Å²) < 4.78 is 14.9. The number of aromatic nitrogens is 2. The van der Waals surface area contributed by atoms with E-state index in [9.17, 15) is 9.18 Å². The summed E-state index contributed by atoms with van der Waals surface area (Å²) in [4.78, 5) is 13.7. The predicted octanol–water partition coefficient (Wildman–Crippen LogP) is 2.70. The third-order valence-corrected chi connectivity index (χ3v) is 4.88. The first-order valence-electron chi connectivity index (χ1n) is 7.61. The van der Waals surface area contributed by atoms with Crippen LogP contribution in [-0.4, -0.2) is 33.4 Å². The quantitative estimate of drug-likeness (QED) is 0.746. The van der Waals surface area contributed by atoms with Crippen molar-refractivity contribution in [1.29, 1.82) is 0 Å². The molecule has 0 saturated carbocycles. The first kappa shape index (κ1) is 16.6. The second-order valence-electron chi connectivity index (χ2n) is 5.76. The molecule has 2 N–H and O–H groups in total. The van der Waals surface area contributed by atoms with Crippen molar-refractivity contribution in [1.82, 2.24) is 15.1 Å². The topological polar surface area (TPSA) is 67.2 Å². The zero-order valence-corrected chi connectivity index (χ0v) is 14.2. The fraction of sp³-hybridized carbons (Fsp3) is 0.294. The lowest BCUT2D eigenvalue weighted by Gasteiger charge is -2.09. The number of benzene rings is 1. The van der Waals surface area contributed by atoms with Gasteiger partial charge in [-0.3, -0.25) is 9.48 Å². The van der Waals surface area contributed by atoms with E-state index in [1.165, 1.54) is 23.5 Å². The Morgan fingerprint density at radius 3 is 2.79 bits per heavy atom. The van der Waals surface area contributed by atoms with Gasteiger partial charge < -0.3 is 10.4 Å². The number of nitrogens with zero attached hydrogens (tertiary/aromatic N) is 2. The van der Waals surface area contributed by atoms with Gasteiger partial charge in [0.25, 0.3) is 5.91 Å². The second-order valence-corrected chi connectivity index (χ2v) is 6.79. The van der Waals surface area contributed by atoms with Gasteiger partial charge in [0.15, 0.2) is 0 Å². The van der Waals surface area contributed by atoms with Crippen LogP contribution in [-0.2, 0) is 6.54 Å². The summed E-state index contributed by atoms with van der Waals surface area (Å²) in [6, 6.07) is 7.83. The zero-order valence-electron chi connectivity index (χ0n) is 13.4. The molecule has 1 unspecified atom stereocenters. The van der Waals surface area contributed by atoms with Crippen molar-refractivity contribution in [3.05, 3.63) is 52.3 Å². The minimum Gasteiger partial charge on any atom is -0.394 e. The van der Waals surface area contributed by atoms with Crippen molar-refractivity contribution in [3.8, 4) is 0 Å². The van der Waals surface area contributed by atoms with Crippen LogP contribution in [0.2, 0.25) is 0 Å². The van der Waals surface area contributed by atoms with Crippen molar-refractivity contribution in [2.75, 3.05) is 6.61 Å². The van der Waals surface area contributed by atoms with Crippen LogP contribution in [0.4, 0.5) is 4.39 Å². The van der Waals surface area contributed by atoms with Gasteiger partial charge in [-0.15, -0.1) is 11.3 Å². The summed E-state index contributed by atoms with van der Waals surface area (Å²) in [7, 11) is 0. The lowest BCUT2D eigenvalue weighted by Crippen LogP contribution is -2.34. The summed E-state index contributed by atoms with van der Waals surface area (Å²) in [6.07, 6.45) is 0. The van der Waals surface area contributed by atoms with E-state index in [1.54, 1.807) is 19.1 Å². The number of nitrogens with one attached hydrogen (secondary N) is 1. The molecule has 0 spiro atoms. The average molecular weight is 347 g/mol. The number of fused-ring (bicyclic) bond motifs is 1. The summed E-state index contributed by atoms with van der Waals surface area (Å²) in [5.74, 6) is -0.473. The molecule has 0 aliphatic heterocycles. The first-order valence-corrected chi connectivity index (χ1v) is 8.42. The third kappa shape index (κ3) is 3.32. The van der Waals surface area contributed by atoms with Crippen LogP contribution in [0.3, 0.4) is 0 Å². The maximum absolute atomic E-state index is 13.0. The number of aryl methyl sites for hydroxylation is 1. The third-order valence-electron chi connectivity index (χ3n) is 3.73. The number of carbonyl (C=O) groups excluding carboxylic acids is 1. The van der Waals surface area contributed by atoms with Gasteiger partial charge in [-0.2, -0.15) is 5.10 Å². The molecule has 24 heavy (non-hydrogen) atoms. The molecule has 1 amide bonds. The number of carbonyl (C=O) groups is 1. The highest BCUT2D eigenvalue weighted by Gasteiger charge is 2.17. The van der Waals surface area contributed by atoms with Crippen LogP contribution in [0.1, 0.15) is 27.9 Å². The molecule has 3 rings (SSSR count). The van der Waals surface area contributed by atoms with Gasteiger partial charge in [0.2, 0.25) is 0 Å². The molecule has 2 aromatic heterocycles. The molecule has 126 valence electrons. The summed E-state index contributed by atoms with van der Waals surface area (Å²) in [5, 5.41) is 17.2. The van der Waals surface area contributed by atoms with Gasteiger partial charge in [-0.05, 0) is 37.6 Å². The number of aliphatic hydroxyl groups excluding tert-OH is 1. The molecule has 0 bridgehead atoms. The lowest BCUT2D eigenvalue weighted by molar-refractivity contribution is 0.0926. The molecule has 5 nitrogen and oxygen atoms in total. The first-order chi connectivity index (χ1) is 11.5. The molecule has 0 saturated heterocycles. The summed E-state index contributed by atoms with van der Waals surface area (Å²) in [5.41, 5.74) is 1.78. The van der Waals surface area contributed by atoms with Crippen LogP contribution in [0.25, 0.3) is 10.2 Å². The SMILES string of the molecule is Cc1nn(Cc2ccc(F)cc2)c2sc(C(=O)NC(C)CO)cc12. The number of thiophene rings is 1. The largest absolute Gasteiger partial charge is 0.394 e. The summed E-state index contributed by atoms with van der Waals surface area (Å²) in [6.45, 7) is 4.05. The number of amides is 1. The minimum atomic E-state index is -0.292. The van der Waals surface area contributed by atoms with Gasteiger partial charge >= 0.3 is 0 Å². The normalized spacial score (nSPS) is 12.5. The molecular weight excluding hydrogens is 329 g/mol. The molecule has 1 aromatic carbocycles. The minimum absolute atomic E-state index is 0.103. The van der Waals surface area contributed by atoms with Crippen molar-refractivity contribution < 1.29 is 14.3 Å². The van der Waals surface area contributed by atoms with Gasteiger partial charge in [-0.25, -0.2) is 4.39 Å². The van der Waals surface area contributed by atoms with E-state index in [2.05, 4.69) is 10.4 Å². The van der Waals surface area contributed by atoms with Gasteiger partial charge in [-0.1, -0.05) is 12.1 Å². The Labute approximate surface area is 142 Å². The number of aliphatic hydroxyl groups is 1. The monoisotopic (exact) mass is 347 g/mol. The highest BCUT2D eigenvalue weighted by atomic mass is 32.1. The molecule has 0 fully saturated rings. The van der Waals surface area contributed by atoms with E-state index in [1.807, 2.05) is 17.7 Å². The van der Waals surface area contributed by atoms with Crippen LogP contribution in [0, 0.1) is 12.7 Å². The van der Waals surface area contributed by atoms with E-state index in [4.69, 9.17) is 5.11 Å². The number of rotatable bonds is 5. The molecule has 0 aliphatic rings. The Morgan fingerprint density at radius 1 is 1.42 bits per heavy atom. The Morgan fingerprint density at radius 2 is 2.12 bits per heavy atom. The average Bonchev–Trinajstić information content (AvgIpc) is 3.11. The summed E-state index contributed by atoms with van der Waals surface area (Å²) >= 11 is 1.36. The number of halogens is 1. The molecule has 3 aromatic rings. The smallest absolute Gasteiger partial charge is 0.261 e. The fourth-order valence-corrected chi connectivity index (χ4v) is 3.50. The van der Waals surface area contributed by atoms with Gasteiger partial charge in [0.05, 0.1) is 23.7 Å². The molecule has 0 radical (unpaired) electrons. The second kappa shape index (κ2) is 6.70. The maximum atomic E-state index is 13.0.